The second-order valence-electron chi connectivity index (χ2n) is 6.54. The molecule has 152 valence electrons. The first kappa shape index (κ1) is 19.9. The van der Waals surface area contributed by atoms with Crippen molar-refractivity contribution in [1.29, 1.82) is 0 Å². The maximum atomic E-state index is 12.3. The third-order valence-electron chi connectivity index (χ3n) is 4.60. The summed E-state index contributed by atoms with van der Waals surface area (Å²) in [7, 11) is 1.57. The second-order valence-corrected chi connectivity index (χ2v) is 7.36. The van der Waals surface area contributed by atoms with E-state index in [2.05, 4.69) is 15.2 Å². The Morgan fingerprint density at radius 3 is 2.33 bits per heavy atom. The fraction of sp³-hybridized carbons (Fsp3) is 0.105. The molecule has 4 rings (SSSR count). The Balaban J connectivity index is 1.84. The van der Waals surface area contributed by atoms with E-state index in [-0.39, 0.29) is 33.5 Å². The molecule has 0 radical (unpaired) electrons. The van der Waals surface area contributed by atoms with Crippen LogP contribution in [0.15, 0.2) is 50.8 Å². The molecule has 0 aliphatic carbocycles. The number of nitrogens with two attached hydrogens (primary N) is 1. The van der Waals surface area contributed by atoms with Gasteiger partial charge in [-0.1, -0.05) is 41.4 Å². The minimum atomic E-state index is -0.780. The lowest BCUT2D eigenvalue weighted by atomic mass is 10.0. The van der Waals surface area contributed by atoms with Gasteiger partial charge >= 0.3 is 5.69 Å². The fourth-order valence-corrected chi connectivity index (χ4v) is 3.75. The van der Waals surface area contributed by atoms with Crippen LogP contribution in [0.25, 0.3) is 16.5 Å². The maximum Gasteiger partial charge on any atom is 0.349 e. The molecule has 4 aromatic rings. The number of anilines is 1. The van der Waals surface area contributed by atoms with E-state index in [1.165, 1.54) is 16.8 Å². The third-order valence-corrected chi connectivity index (χ3v) is 5.28. The molecular formula is C19H14Cl2N6O3. The number of hydrogen-bond donors (Lipinski definition) is 2. The van der Waals surface area contributed by atoms with Crippen LogP contribution in [-0.2, 0) is 13.5 Å². The minimum Gasteiger partial charge on any atom is -0.378 e. The van der Waals surface area contributed by atoms with Crippen LogP contribution < -0.4 is 22.5 Å². The van der Waals surface area contributed by atoms with E-state index in [1.54, 1.807) is 19.2 Å². The van der Waals surface area contributed by atoms with Crippen molar-refractivity contribution in [2.24, 2.45) is 7.05 Å². The number of nitrogen functional groups attached to an aromatic ring is 1. The summed E-state index contributed by atoms with van der Waals surface area (Å²) in [6.07, 6.45) is 0.253. The molecule has 2 heterocycles. The van der Waals surface area contributed by atoms with Crippen LogP contribution in [0.5, 0.6) is 0 Å². The average molecular weight is 445 g/mol. The fourth-order valence-electron chi connectivity index (χ4n) is 3.14. The number of halogens is 2. The molecule has 0 unspecified atom stereocenters. The van der Waals surface area contributed by atoms with Crippen molar-refractivity contribution in [2.45, 2.75) is 6.42 Å². The zero-order valence-corrected chi connectivity index (χ0v) is 17.0. The van der Waals surface area contributed by atoms with Gasteiger partial charge in [0.1, 0.15) is 0 Å². The zero-order chi connectivity index (χ0) is 21.6. The topological polar surface area (TPSA) is 129 Å². The lowest BCUT2D eigenvalue weighted by Gasteiger charge is -2.13. The summed E-state index contributed by atoms with van der Waals surface area (Å²) >= 11 is 12.9. The number of aromatic amines is 1. The highest BCUT2D eigenvalue weighted by atomic mass is 35.5. The summed E-state index contributed by atoms with van der Waals surface area (Å²) in [4.78, 5) is 37.9. The first-order valence-electron chi connectivity index (χ1n) is 8.68. The van der Waals surface area contributed by atoms with Crippen LogP contribution in [0.3, 0.4) is 0 Å². The number of nitrogens with one attached hydrogen (secondary N) is 1. The summed E-state index contributed by atoms with van der Waals surface area (Å²) < 4.78 is 2.17. The first-order chi connectivity index (χ1) is 14.3. The Kier molecular flexibility index (Phi) is 4.92. The number of hydrogen-bond acceptors (Lipinski definition) is 6. The Labute approximate surface area is 178 Å². The van der Waals surface area contributed by atoms with E-state index in [1.807, 2.05) is 12.1 Å². The van der Waals surface area contributed by atoms with Gasteiger partial charge in [-0.15, -0.1) is 5.10 Å². The van der Waals surface area contributed by atoms with Gasteiger partial charge in [-0.25, -0.2) is 9.48 Å². The highest BCUT2D eigenvalue weighted by molar-refractivity contribution is 6.36. The van der Waals surface area contributed by atoms with Gasteiger partial charge in [-0.2, -0.15) is 9.78 Å². The monoisotopic (exact) mass is 444 g/mol. The van der Waals surface area contributed by atoms with Crippen molar-refractivity contribution in [3.8, 4) is 5.69 Å². The Hall–Kier alpha value is -3.43. The van der Waals surface area contributed by atoms with E-state index in [0.29, 0.717) is 22.0 Å². The van der Waals surface area contributed by atoms with E-state index >= 15 is 0 Å². The molecule has 30 heavy (non-hydrogen) atoms. The molecule has 0 saturated heterocycles. The van der Waals surface area contributed by atoms with Crippen LogP contribution in [0.1, 0.15) is 11.3 Å². The summed E-state index contributed by atoms with van der Waals surface area (Å²) in [5, 5.41) is 9.88. The number of H-pyrrole nitrogens is 1. The largest absolute Gasteiger partial charge is 0.378 e. The molecule has 0 amide bonds. The number of benzene rings is 2. The van der Waals surface area contributed by atoms with Crippen LogP contribution in [-0.4, -0.2) is 24.5 Å². The van der Waals surface area contributed by atoms with Crippen molar-refractivity contribution in [2.75, 3.05) is 5.73 Å². The van der Waals surface area contributed by atoms with Crippen molar-refractivity contribution in [3.63, 3.8) is 0 Å². The quantitative estimate of drug-likeness (QED) is 0.494. The van der Waals surface area contributed by atoms with E-state index < -0.39 is 11.2 Å². The normalized spacial score (nSPS) is 11.2. The van der Waals surface area contributed by atoms with Crippen LogP contribution in [0.2, 0.25) is 10.0 Å². The number of rotatable bonds is 3. The van der Waals surface area contributed by atoms with Crippen LogP contribution in [0, 0.1) is 0 Å². The molecular weight excluding hydrogens is 431 g/mol. The molecule has 11 heteroatoms. The standard InChI is InChI=1S/C19H14Cl2N6O3/c1-26-18(29)11-5-3-2-4-10(11)15(24-26)8-12-13(20)6-9(7-14(12)21)27-19(30)23-17(28)16(22)25-27/h2-7H,8H2,1H3,(H2,22,25)(H,23,28,30). The average Bonchev–Trinajstić information content (AvgIpc) is 2.71. The van der Waals surface area contributed by atoms with Crippen molar-refractivity contribution < 1.29 is 0 Å². The molecule has 0 bridgehead atoms. The van der Waals surface area contributed by atoms with Gasteiger partial charge in [0, 0.05) is 28.9 Å². The Morgan fingerprint density at radius 1 is 1.03 bits per heavy atom. The molecule has 2 aromatic heterocycles. The summed E-state index contributed by atoms with van der Waals surface area (Å²) in [6, 6.07) is 10.1. The minimum absolute atomic E-state index is 0.206. The highest BCUT2D eigenvalue weighted by Gasteiger charge is 2.16. The maximum absolute atomic E-state index is 12.3. The molecule has 0 spiro atoms. The van der Waals surface area contributed by atoms with Gasteiger partial charge < -0.3 is 5.73 Å². The highest BCUT2D eigenvalue weighted by Crippen LogP contribution is 2.30. The summed E-state index contributed by atoms with van der Waals surface area (Å²) in [5.74, 6) is -0.369. The predicted octanol–water partition coefficient (Wildman–Crippen LogP) is 1.65. The van der Waals surface area contributed by atoms with Gasteiger partial charge in [0.2, 0.25) is 5.82 Å². The third kappa shape index (κ3) is 3.38. The van der Waals surface area contributed by atoms with E-state index in [0.717, 1.165) is 4.68 Å². The molecule has 2 aromatic carbocycles. The van der Waals surface area contributed by atoms with Gasteiger partial charge in [0.05, 0.1) is 16.8 Å². The van der Waals surface area contributed by atoms with Gasteiger partial charge in [0.15, 0.2) is 0 Å². The molecule has 3 N–H and O–H groups in total. The molecule has 0 aliphatic heterocycles. The smallest absolute Gasteiger partial charge is 0.349 e. The molecule has 0 saturated carbocycles. The first-order valence-corrected chi connectivity index (χ1v) is 9.44. The molecule has 0 atom stereocenters. The number of nitrogens with zero attached hydrogens (tertiary/aromatic N) is 4. The molecule has 0 aliphatic rings. The summed E-state index contributed by atoms with van der Waals surface area (Å²) in [6.45, 7) is 0. The molecule has 0 fully saturated rings. The van der Waals surface area contributed by atoms with Crippen molar-refractivity contribution >= 4 is 39.8 Å². The van der Waals surface area contributed by atoms with Gasteiger partial charge in [-0.3, -0.25) is 14.6 Å². The van der Waals surface area contributed by atoms with Crippen LogP contribution in [0.4, 0.5) is 5.82 Å². The Morgan fingerprint density at radius 2 is 1.67 bits per heavy atom. The number of fused-ring (bicyclic) bond motifs is 1. The lowest BCUT2D eigenvalue weighted by molar-refractivity contribution is 0.697. The van der Waals surface area contributed by atoms with E-state index in [4.69, 9.17) is 28.9 Å². The van der Waals surface area contributed by atoms with Gasteiger partial charge in [0.25, 0.3) is 11.1 Å². The van der Waals surface area contributed by atoms with Gasteiger partial charge in [-0.05, 0) is 23.8 Å². The Bertz CT molecular complexity index is 1470. The number of aromatic nitrogens is 5. The predicted molar refractivity (Wildman–Crippen MR) is 115 cm³/mol. The zero-order valence-electron chi connectivity index (χ0n) is 15.5. The van der Waals surface area contributed by atoms with Crippen LogP contribution >= 0.6 is 23.2 Å². The summed E-state index contributed by atoms with van der Waals surface area (Å²) in [5.41, 5.74) is 5.15. The van der Waals surface area contributed by atoms with E-state index in [9.17, 15) is 14.4 Å². The number of aryl methyl sites for hydroxylation is 1. The van der Waals surface area contributed by atoms with Crippen molar-refractivity contribution in [1.82, 2.24) is 24.5 Å². The van der Waals surface area contributed by atoms with Crippen molar-refractivity contribution in [3.05, 3.63) is 88.9 Å². The molecule has 9 nitrogen and oxygen atoms in total. The second kappa shape index (κ2) is 7.43. The SMILES string of the molecule is Cn1nc(Cc2c(Cl)cc(-n3nc(N)c(=O)[nH]c3=O)cc2Cl)c2ccccc2c1=O. The lowest BCUT2D eigenvalue weighted by Crippen LogP contribution is -2.33.